The van der Waals surface area contributed by atoms with Gasteiger partial charge in [0.25, 0.3) is 0 Å². The first-order valence-corrected chi connectivity index (χ1v) is 10.9. The summed E-state index contributed by atoms with van der Waals surface area (Å²) in [5.74, 6) is 0.394. The number of nitrogens with zero attached hydrogens (tertiary/aromatic N) is 1. The van der Waals surface area contributed by atoms with E-state index in [4.69, 9.17) is 14.3 Å². The Balaban J connectivity index is 1.11. The molecule has 5 rings (SSSR count). The normalized spacial score (nSPS) is 21.7. The molecule has 1 saturated heterocycles. The van der Waals surface area contributed by atoms with Crippen LogP contribution in [0.3, 0.4) is 0 Å². The second-order valence-electron chi connectivity index (χ2n) is 8.30. The number of rotatable bonds is 7. The number of aromatic nitrogens is 1. The summed E-state index contributed by atoms with van der Waals surface area (Å²) in [4.78, 5) is 11.0. The topological polar surface area (TPSA) is 58.8 Å². The Hall–Kier alpha value is -2.77. The zero-order valence-electron chi connectivity index (χ0n) is 17.7. The molecule has 1 fully saturated rings. The third kappa shape index (κ3) is 3.83. The molecule has 6 nitrogen and oxygen atoms in total. The number of alkyl halides is 1. The van der Waals surface area contributed by atoms with Crippen molar-refractivity contribution < 1.29 is 18.7 Å². The molecule has 0 saturated carbocycles. The highest BCUT2D eigenvalue weighted by Crippen LogP contribution is 2.45. The van der Waals surface area contributed by atoms with E-state index in [1.165, 1.54) is 0 Å². The molecule has 2 aliphatic heterocycles. The maximum atomic E-state index is 15.7. The predicted octanol–water partition coefficient (Wildman–Crippen LogP) is 4.38. The van der Waals surface area contributed by atoms with E-state index in [1.807, 2.05) is 42.6 Å². The molecule has 31 heavy (non-hydrogen) atoms. The molecule has 3 heterocycles. The van der Waals surface area contributed by atoms with Crippen molar-refractivity contribution in [3.05, 3.63) is 54.2 Å². The lowest BCUT2D eigenvalue weighted by Crippen LogP contribution is -2.47. The van der Waals surface area contributed by atoms with Crippen LogP contribution >= 0.6 is 0 Å². The average molecular weight is 426 g/mol. The molecule has 0 spiro atoms. The smallest absolute Gasteiger partial charge is 0.224 e. The summed E-state index contributed by atoms with van der Waals surface area (Å²) in [5.41, 5.74) is 4.31. The molecule has 3 aromatic rings. The minimum absolute atomic E-state index is 0.0968. The standard InChI is InChI=1S/C24H28FN3O3/c1-29-22-15-17-7-10-26-20(17)16-23(22)30-14-4-11-28-12-8-18(9-13-28)24(25)19-5-2-3-6-21(19)31-27-24/h2-3,5-7,10,15-16,18,26-27H,4,8-9,11-14H2,1H3. The Morgan fingerprint density at radius 1 is 1.16 bits per heavy atom. The summed E-state index contributed by atoms with van der Waals surface area (Å²) in [5, 5.41) is 1.10. The van der Waals surface area contributed by atoms with Gasteiger partial charge in [-0.2, -0.15) is 0 Å². The van der Waals surface area contributed by atoms with Crippen molar-refractivity contribution in [2.24, 2.45) is 5.92 Å². The van der Waals surface area contributed by atoms with Crippen molar-refractivity contribution in [1.29, 1.82) is 0 Å². The van der Waals surface area contributed by atoms with Gasteiger partial charge in [-0.1, -0.05) is 18.2 Å². The Morgan fingerprint density at radius 2 is 2.00 bits per heavy atom. The summed E-state index contributed by atoms with van der Waals surface area (Å²) < 4.78 is 27.1. The maximum absolute atomic E-state index is 15.7. The van der Waals surface area contributed by atoms with Crippen LogP contribution in [0.2, 0.25) is 0 Å². The van der Waals surface area contributed by atoms with Gasteiger partial charge >= 0.3 is 0 Å². The molecule has 2 aromatic carbocycles. The van der Waals surface area contributed by atoms with Crippen LogP contribution < -0.4 is 19.8 Å². The number of H-pyrrole nitrogens is 1. The van der Waals surface area contributed by atoms with E-state index in [1.54, 1.807) is 13.2 Å². The van der Waals surface area contributed by atoms with E-state index in [0.29, 0.717) is 17.9 Å². The number of hydrogen-bond donors (Lipinski definition) is 2. The van der Waals surface area contributed by atoms with E-state index >= 15 is 4.39 Å². The Labute approximate surface area is 181 Å². The molecule has 1 aromatic heterocycles. The molecular weight excluding hydrogens is 397 g/mol. The number of fused-ring (bicyclic) bond motifs is 2. The second kappa shape index (κ2) is 8.40. The van der Waals surface area contributed by atoms with E-state index in [2.05, 4.69) is 15.4 Å². The van der Waals surface area contributed by atoms with Crippen LogP contribution in [0.15, 0.2) is 48.7 Å². The summed E-state index contributed by atoms with van der Waals surface area (Å²) in [6, 6.07) is 13.3. The first-order chi connectivity index (χ1) is 15.2. The van der Waals surface area contributed by atoms with E-state index in [9.17, 15) is 0 Å². The highest BCUT2D eigenvalue weighted by molar-refractivity contribution is 5.83. The fourth-order valence-corrected chi connectivity index (χ4v) is 4.70. The van der Waals surface area contributed by atoms with Crippen LogP contribution in [-0.2, 0) is 5.79 Å². The Morgan fingerprint density at radius 3 is 2.84 bits per heavy atom. The third-order valence-electron chi connectivity index (χ3n) is 6.45. The Bertz CT molecular complexity index is 1050. The minimum atomic E-state index is -1.60. The molecule has 0 bridgehead atoms. The van der Waals surface area contributed by atoms with E-state index < -0.39 is 5.79 Å². The maximum Gasteiger partial charge on any atom is 0.224 e. The lowest BCUT2D eigenvalue weighted by atomic mass is 9.84. The zero-order chi connectivity index (χ0) is 21.3. The number of nitrogens with one attached hydrogen (secondary N) is 2. The summed E-state index contributed by atoms with van der Waals surface area (Å²) in [7, 11) is 1.66. The zero-order valence-corrected chi connectivity index (χ0v) is 17.7. The van der Waals surface area contributed by atoms with Gasteiger partial charge in [0.15, 0.2) is 17.2 Å². The number of ether oxygens (including phenoxy) is 2. The van der Waals surface area contributed by atoms with Crippen LogP contribution in [0.25, 0.3) is 10.9 Å². The molecule has 0 radical (unpaired) electrons. The third-order valence-corrected chi connectivity index (χ3v) is 6.45. The Kier molecular flexibility index (Phi) is 5.46. The van der Waals surface area contributed by atoms with Gasteiger partial charge in [0, 0.05) is 35.6 Å². The molecule has 1 atom stereocenters. The van der Waals surface area contributed by atoms with Crippen molar-refractivity contribution in [1.82, 2.24) is 15.4 Å². The van der Waals surface area contributed by atoms with Crippen LogP contribution in [-0.4, -0.2) is 43.2 Å². The fraction of sp³-hybridized carbons (Fsp3) is 0.417. The van der Waals surface area contributed by atoms with Crippen LogP contribution in [0, 0.1) is 5.92 Å². The van der Waals surface area contributed by atoms with Crippen molar-refractivity contribution in [3.63, 3.8) is 0 Å². The molecule has 0 amide bonds. The van der Waals surface area contributed by atoms with Crippen molar-refractivity contribution >= 4 is 10.9 Å². The van der Waals surface area contributed by atoms with Gasteiger partial charge < -0.3 is 24.2 Å². The first-order valence-electron chi connectivity index (χ1n) is 10.9. The number of hydroxylamine groups is 1. The quantitative estimate of drug-likeness (QED) is 0.435. The molecule has 2 N–H and O–H groups in total. The highest BCUT2D eigenvalue weighted by atomic mass is 19.1. The van der Waals surface area contributed by atoms with Crippen LogP contribution in [0.4, 0.5) is 4.39 Å². The number of halogens is 1. The van der Waals surface area contributed by atoms with Crippen molar-refractivity contribution in [2.45, 2.75) is 25.1 Å². The lowest BCUT2D eigenvalue weighted by Gasteiger charge is -2.37. The fourth-order valence-electron chi connectivity index (χ4n) is 4.70. The van der Waals surface area contributed by atoms with Crippen molar-refractivity contribution in [2.75, 3.05) is 33.4 Å². The number of aromatic amines is 1. The minimum Gasteiger partial charge on any atom is -0.493 e. The molecular formula is C24H28FN3O3. The number of hydrogen-bond acceptors (Lipinski definition) is 5. The first kappa shape index (κ1) is 20.2. The van der Waals surface area contributed by atoms with E-state index in [-0.39, 0.29) is 5.92 Å². The van der Waals surface area contributed by atoms with Crippen molar-refractivity contribution in [3.8, 4) is 17.2 Å². The number of para-hydroxylation sites is 1. The number of piperidine rings is 1. The van der Waals surface area contributed by atoms with Crippen LogP contribution in [0.1, 0.15) is 24.8 Å². The number of likely N-dealkylation sites (tertiary alicyclic amines) is 1. The summed E-state index contributed by atoms with van der Waals surface area (Å²) in [6.45, 7) is 3.29. The average Bonchev–Trinajstić information content (AvgIpc) is 3.41. The van der Waals surface area contributed by atoms with E-state index in [0.717, 1.165) is 61.3 Å². The largest absolute Gasteiger partial charge is 0.493 e. The second-order valence-corrected chi connectivity index (χ2v) is 8.30. The lowest BCUT2D eigenvalue weighted by molar-refractivity contribution is -0.0504. The predicted molar refractivity (Wildman–Crippen MR) is 117 cm³/mol. The van der Waals surface area contributed by atoms with Gasteiger partial charge in [-0.15, -0.1) is 5.48 Å². The SMILES string of the molecule is COc1cc2cc[nH]c2cc1OCCCN1CCC(C2(F)NOc3ccccc32)CC1. The van der Waals surface area contributed by atoms with Gasteiger partial charge in [-0.3, -0.25) is 0 Å². The summed E-state index contributed by atoms with van der Waals surface area (Å²) >= 11 is 0. The van der Waals surface area contributed by atoms with Gasteiger partial charge in [0.1, 0.15) is 0 Å². The number of methoxy groups -OCH3 is 1. The summed E-state index contributed by atoms with van der Waals surface area (Å²) in [6.07, 6.45) is 4.39. The molecule has 7 heteroatoms. The molecule has 2 aliphatic rings. The van der Waals surface area contributed by atoms with Gasteiger partial charge in [0.05, 0.1) is 19.3 Å². The number of benzene rings is 2. The van der Waals surface area contributed by atoms with Crippen LogP contribution in [0.5, 0.6) is 17.2 Å². The molecule has 0 aliphatic carbocycles. The van der Waals surface area contributed by atoms with Gasteiger partial charge in [0.2, 0.25) is 5.79 Å². The van der Waals surface area contributed by atoms with Gasteiger partial charge in [-0.05, 0) is 50.6 Å². The highest BCUT2D eigenvalue weighted by Gasteiger charge is 2.48. The van der Waals surface area contributed by atoms with Gasteiger partial charge in [-0.25, -0.2) is 4.39 Å². The molecule has 1 unspecified atom stereocenters. The monoisotopic (exact) mass is 425 g/mol. The molecule has 164 valence electrons.